The maximum Gasteiger partial charge on any atom is 0.261 e. The molecule has 0 bridgehead atoms. The van der Waals surface area contributed by atoms with Crippen LogP contribution in [0.25, 0.3) is 0 Å². The summed E-state index contributed by atoms with van der Waals surface area (Å²) in [5, 5.41) is 6.10. The van der Waals surface area contributed by atoms with Gasteiger partial charge in [-0.15, -0.1) is 0 Å². The van der Waals surface area contributed by atoms with Gasteiger partial charge in [-0.25, -0.2) is 0 Å². The second-order valence-corrected chi connectivity index (χ2v) is 5.89. The number of anilines is 2. The number of H-pyrrole nitrogens is 1. The summed E-state index contributed by atoms with van der Waals surface area (Å²) in [5.74, 6) is -0.440. The first-order valence-corrected chi connectivity index (χ1v) is 8.37. The van der Waals surface area contributed by atoms with Crippen LogP contribution < -0.4 is 16.1 Å². The van der Waals surface area contributed by atoms with Crippen LogP contribution in [-0.4, -0.2) is 22.4 Å². The minimum Gasteiger partial charge on any atom is -0.383 e. The molecule has 0 aliphatic heterocycles. The molecule has 0 fully saturated rings. The fourth-order valence-corrected chi connectivity index (χ4v) is 2.56. The van der Waals surface area contributed by atoms with Crippen LogP contribution in [0.15, 0.2) is 65.7 Å². The molecule has 0 saturated carbocycles. The van der Waals surface area contributed by atoms with Crippen molar-refractivity contribution in [3.05, 3.63) is 88.1 Å². The number of hydrogen-bond donors (Lipinski definition) is 3. The smallest absolute Gasteiger partial charge is 0.261 e. The molecule has 0 atom stereocenters. The summed E-state index contributed by atoms with van der Waals surface area (Å²) in [6.07, 6.45) is 3.97. The molecule has 26 heavy (non-hydrogen) atoms. The van der Waals surface area contributed by atoms with Crippen LogP contribution in [0.4, 0.5) is 11.4 Å². The maximum atomic E-state index is 12.4. The van der Waals surface area contributed by atoms with Crippen LogP contribution in [0.5, 0.6) is 0 Å². The molecule has 0 aliphatic carbocycles. The number of nitrogens with one attached hydrogen (secondary N) is 3. The third-order valence-electron chi connectivity index (χ3n) is 3.90. The van der Waals surface area contributed by atoms with Crippen LogP contribution >= 0.6 is 0 Å². The van der Waals surface area contributed by atoms with Gasteiger partial charge in [-0.3, -0.25) is 14.6 Å². The first kappa shape index (κ1) is 17.4. The molecule has 2 heterocycles. The number of aromatic amines is 1. The summed E-state index contributed by atoms with van der Waals surface area (Å²) in [5.41, 5.74) is 2.90. The summed E-state index contributed by atoms with van der Waals surface area (Å²) >= 11 is 0. The topological polar surface area (TPSA) is 86.9 Å². The van der Waals surface area contributed by atoms with Gasteiger partial charge in [-0.05, 0) is 31.2 Å². The second kappa shape index (κ2) is 8.11. The number of rotatable bonds is 6. The van der Waals surface area contributed by atoms with Crippen molar-refractivity contribution in [3.63, 3.8) is 0 Å². The number of amides is 1. The van der Waals surface area contributed by atoms with E-state index in [1.54, 1.807) is 19.2 Å². The van der Waals surface area contributed by atoms with Gasteiger partial charge in [-0.1, -0.05) is 18.2 Å². The van der Waals surface area contributed by atoms with Crippen molar-refractivity contribution in [2.45, 2.75) is 13.3 Å². The number of aromatic nitrogens is 2. The lowest BCUT2D eigenvalue weighted by Gasteiger charge is -2.13. The van der Waals surface area contributed by atoms with E-state index in [0.29, 0.717) is 17.9 Å². The summed E-state index contributed by atoms with van der Waals surface area (Å²) in [4.78, 5) is 31.6. The van der Waals surface area contributed by atoms with E-state index in [-0.39, 0.29) is 11.0 Å². The van der Waals surface area contributed by atoms with Gasteiger partial charge in [0.15, 0.2) is 5.43 Å². The predicted molar refractivity (Wildman–Crippen MR) is 103 cm³/mol. The van der Waals surface area contributed by atoms with Crippen molar-refractivity contribution in [1.29, 1.82) is 0 Å². The number of nitrogens with zero attached hydrogens (tertiary/aromatic N) is 1. The summed E-state index contributed by atoms with van der Waals surface area (Å²) in [7, 11) is 0. The van der Waals surface area contributed by atoms with E-state index >= 15 is 0 Å². The lowest BCUT2D eigenvalue weighted by molar-refractivity contribution is 0.102. The normalized spacial score (nSPS) is 10.3. The van der Waals surface area contributed by atoms with Gasteiger partial charge in [0.1, 0.15) is 5.56 Å². The van der Waals surface area contributed by atoms with E-state index < -0.39 is 5.91 Å². The highest BCUT2D eigenvalue weighted by Crippen LogP contribution is 2.21. The van der Waals surface area contributed by atoms with Gasteiger partial charge in [-0.2, -0.15) is 0 Å². The molecule has 0 saturated heterocycles. The standard InChI is InChI=1S/C20H20N4O2/c1-14-12-19(25)16(13-23-14)20(26)24-18-8-3-2-7-17(18)22-11-9-15-6-4-5-10-21-15/h2-8,10,12-13,22H,9,11H2,1H3,(H,23,25)(H,24,26). The second-order valence-electron chi connectivity index (χ2n) is 5.89. The van der Waals surface area contributed by atoms with E-state index in [4.69, 9.17) is 0 Å². The Balaban J connectivity index is 1.68. The van der Waals surface area contributed by atoms with Crippen molar-refractivity contribution in [3.8, 4) is 0 Å². The average Bonchev–Trinajstić information content (AvgIpc) is 2.64. The summed E-state index contributed by atoms with van der Waals surface area (Å²) < 4.78 is 0. The Morgan fingerprint density at radius 3 is 2.62 bits per heavy atom. The molecule has 0 aliphatic rings. The van der Waals surface area contributed by atoms with Crippen LogP contribution in [0.3, 0.4) is 0 Å². The van der Waals surface area contributed by atoms with Crippen molar-refractivity contribution in [2.24, 2.45) is 0 Å². The Morgan fingerprint density at radius 2 is 1.88 bits per heavy atom. The number of carbonyl (C=O) groups is 1. The van der Waals surface area contributed by atoms with E-state index in [1.165, 1.54) is 12.3 Å². The Hall–Kier alpha value is -3.41. The number of pyridine rings is 2. The Morgan fingerprint density at radius 1 is 1.12 bits per heavy atom. The quantitative estimate of drug-likeness (QED) is 0.639. The molecule has 132 valence electrons. The van der Waals surface area contributed by atoms with Crippen molar-refractivity contribution in [2.75, 3.05) is 17.2 Å². The van der Waals surface area contributed by atoms with Crippen molar-refractivity contribution in [1.82, 2.24) is 9.97 Å². The van der Waals surface area contributed by atoms with Gasteiger partial charge in [0, 0.05) is 42.8 Å². The number of para-hydroxylation sites is 2. The minimum absolute atomic E-state index is 0.0823. The van der Waals surface area contributed by atoms with Gasteiger partial charge in [0.2, 0.25) is 0 Å². The van der Waals surface area contributed by atoms with Gasteiger partial charge in [0.25, 0.3) is 5.91 Å². The molecule has 0 radical (unpaired) electrons. The van der Waals surface area contributed by atoms with Gasteiger partial charge in [0.05, 0.1) is 11.4 Å². The first-order valence-electron chi connectivity index (χ1n) is 8.37. The Labute approximate surface area is 151 Å². The first-order chi connectivity index (χ1) is 12.6. The molecule has 6 heteroatoms. The number of hydrogen-bond acceptors (Lipinski definition) is 4. The van der Waals surface area contributed by atoms with Crippen LogP contribution in [0, 0.1) is 6.92 Å². The van der Waals surface area contributed by atoms with Crippen molar-refractivity contribution < 1.29 is 4.79 Å². The highest BCUT2D eigenvalue weighted by Gasteiger charge is 2.12. The lowest BCUT2D eigenvalue weighted by Crippen LogP contribution is -2.22. The van der Waals surface area contributed by atoms with Gasteiger partial charge < -0.3 is 15.6 Å². The third-order valence-corrected chi connectivity index (χ3v) is 3.90. The maximum absolute atomic E-state index is 12.4. The molecule has 3 rings (SSSR count). The highest BCUT2D eigenvalue weighted by molar-refractivity contribution is 6.05. The van der Waals surface area contributed by atoms with Crippen LogP contribution in [-0.2, 0) is 6.42 Å². The predicted octanol–water partition coefficient (Wildman–Crippen LogP) is 2.99. The molecule has 3 aromatic rings. The Kier molecular flexibility index (Phi) is 5.43. The molecule has 6 nitrogen and oxygen atoms in total. The molecule has 1 amide bonds. The van der Waals surface area contributed by atoms with Crippen molar-refractivity contribution >= 4 is 17.3 Å². The molecule has 3 N–H and O–H groups in total. The molecular formula is C20H20N4O2. The number of benzene rings is 1. The van der Waals surface area contributed by atoms with E-state index in [0.717, 1.165) is 17.8 Å². The van der Waals surface area contributed by atoms with E-state index in [2.05, 4.69) is 20.6 Å². The minimum atomic E-state index is -0.440. The molecule has 0 unspecified atom stereocenters. The molecule has 0 spiro atoms. The third kappa shape index (κ3) is 4.36. The summed E-state index contributed by atoms with van der Waals surface area (Å²) in [6.45, 7) is 2.44. The number of carbonyl (C=O) groups excluding carboxylic acids is 1. The molecular weight excluding hydrogens is 328 g/mol. The largest absolute Gasteiger partial charge is 0.383 e. The fraction of sp³-hybridized carbons (Fsp3) is 0.150. The zero-order chi connectivity index (χ0) is 18.4. The zero-order valence-electron chi connectivity index (χ0n) is 14.5. The zero-order valence-corrected chi connectivity index (χ0v) is 14.5. The van der Waals surface area contributed by atoms with Gasteiger partial charge >= 0.3 is 0 Å². The fourth-order valence-electron chi connectivity index (χ4n) is 2.56. The Bertz CT molecular complexity index is 951. The van der Waals surface area contributed by atoms with E-state index in [1.807, 2.05) is 36.4 Å². The van der Waals surface area contributed by atoms with Crippen LogP contribution in [0.1, 0.15) is 21.7 Å². The SMILES string of the molecule is Cc1cc(=O)c(C(=O)Nc2ccccc2NCCc2ccccn2)c[nH]1. The lowest BCUT2D eigenvalue weighted by atomic mass is 10.2. The van der Waals surface area contributed by atoms with Crippen LogP contribution in [0.2, 0.25) is 0 Å². The highest BCUT2D eigenvalue weighted by atomic mass is 16.2. The molecule has 2 aromatic heterocycles. The molecule has 1 aromatic carbocycles. The van der Waals surface area contributed by atoms with E-state index in [9.17, 15) is 9.59 Å². The summed E-state index contributed by atoms with van der Waals surface area (Å²) in [6, 6.07) is 14.6. The monoisotopic (exact) mass is 348 g/mol. The number of aryl methyl sites for hydroxylation is 1. The average molecular weight is 348 g/mol.